The van der Waals surface area contributed by atoms with E-state index in [1.807, 2.05) is 24.3 Å². The van der Waals surface area contributed by atoms with Gasteiger partial charge >= 0.3 is 0 Å². The van der Waals surface area contributed by atoms with Gasteiger partial charge in [-0.2, -0.15) is 5.10 Å². The number of nitrogens with zero attached hydrogens (tertiary/aromatic N) is 3. The average Bonchev–Trinajstić information content (AvgIpc) is 3.16. The number of nitrogens with one attached hydrogen (secondary N) is 1. The van der Waals surface area contributed by atoms with Gasteiger partial charge in [0.25, 0.3) is 0 Å². The van der Waals surface area contributed by atoms with Gasteiger partial charge in [0.2, 0.25) is 5.91 Å². The summed E-state index contributed by atoms with van der Waals surface area (Å²) in [5.74, 6) is 0.830. The molecule has 1 aromatic carbocycles. The van der Waals surface area contributed by atoms with E-state index in [2.05, 4.69) is 15.4 Å². The first-order valence-electron chi connectivity index (χ1n) is 8.60. The summed E-state index contributed by atoms with van der Waals surface area (Å²) in [5.41, 5.74) is 1.05. The molecule has 1 amide bonds. The molecule has 1 saturated carbocycles. The van der Waals surface area contributed by atoms with E-state index in [0.717, 1.165) is 24.2 Å². The maximum atomic E-state index is 12.1. The number of carbonyl (C=O) groups is 1. The van der Waals surface area contributed by atoms with Crippen LogP contribution in [0.2, 0.25) is 0 Å². The maximum Gasteiger partial charge on any atom is 0.244 e. The predicted molar refractivity (Wildman–Crippen MR) is 90.5 cm³/mol. The molecule has 1 N–H and O–H groups in total. The fourth-order valence-corrected chi connectivity index (χ4v) is 2.94. The summed E-state index contributed by atoms with van der Waals surface area (Å²) in [4.78, 5) is 16.0. The Bertz CT molecular complexity index is 634. The van der Waals surface area contributed by atoms with Crippen molar-refractivity contribution in [3.63, 3.8) is 0 Å². The molecule has 6 heteroatoms. The summed E-state index contributed by atoms with van der Waals surface area (Å²) < 4.78 is 7.56. The van der Waals surface area contributed by atoms with Gasteiger partial charge in [-0.05, 0) is 50.3 Å². The van der Waals surface area contributed by atoms with Gasteiger partial charge in [-0.3, -0.25) is 4.79 Å². The van der Waals surface area contributed by atoms with Crippen molar-refractivity contribution in [1.29, 1.82) is 0 Å². The summed E-state index contributed by atoms with van der Waals surface area (Å²) >= 11 is 0. The Morgan fingerprint density at radius 2 is 2.04 bits per heavy atom. The molecule has 128 valence electrons. The molecule has 1 heterocycles. The molecule has 1 aliphatic rings. The van der Waals surface area contributed by atoms with Crippen molar-refractivity contribution in [2.75, 3.05) is 0 Å². The molecule has 0 radical (unpaired) electrons. The smallest absolute Gasteiger partial charge is 0.244 e. The standard InChI is InChI=1S/C18H24N4O2/c1-14(22-13-19-12-21-22)18(23)20-11-15-7-9-17(10-8-15)24-16-5-3-2-4-6-16/h7-10,12-14,16H,2-6,11H2,1H3,(H,20,23)/t14-/m0/s1. The lowest BCUT2D eigenvalue weighted by Crippen LogP contribution is -2.30. The van der Waals surface area contributed by atoms with Gasteiger partial charge < -0.3 is 10.1 Å². The quantitative estimate of drug-likeness (QED) is 0.885. The Hall–Kier alpha value is -2.37. The van der Waals surface area contributed by atoms with Crippen LogP contribution in [0.3, 0.4) is 0 Å². The highest BCUT2D eigenvalue weighted by atomic mass is 16.5. The zero-order valence-corrected chi connectivity index (χ0v) is 14.0. The number of aromatic nitrogens is 3. The van der Waals surface area contributed by atoms with Crippen molar-refractivity contribution in [2.45, 2.75) is 57.7 Å². The molecule has 0 spiro atoms. The molecule has 2 aromatic rings. The maximum absolute atomic E-state index is 12.1. The third-order valence-electron chi connectivity index (χ3n) is 4.46. The van der Waals surface area contributed by atoms with Gasteiger partial charge in [0.15, 0.2) is 0 Å². The number of hydrogen-bond donors (Lipinski definition) is 1. The lowest BCUT2D eigenvalue weighted by Gasteiger charge is -2.23. The molecule has 6 nitrogen and oxygen atoms in total. The Morgan fingerprint density at radius 3 is 2.71 bits per heavy atom. The van der Waals surface area contributed by atoms with Crippen LogP contribution in [-0.2, 0) is 11.3 Å². The fraction of sp³-hybridized carbons (Fsp3) is 0.500. The molecule has 24 heavy (non-hydrogen) atoms. The van der Waals surface area contributed by atoms with Crippen LogP contribution in [0.4, 0.5) is 0 Å². The van der Waals surface area contributed by atoms with Crippen LogP contribution >= 0.6 is 0 Å². The van der Waals surface area contributed by atoms with E-state index in [4.69, 9.17) is 4.74 Å². The number of benzene rings is 1. The lowest BCUT2D eigenvalue weighted by atomic mass is 9.98. The monoisotopic (exact) mass is 328 g/mol. The first kappa shape index (κ1) is 16.5. The number of rotatable bonds is 6. The van der Waals surface area contributed by atoms with Crippen LogP contribution in [0, 0.1) is 0 Å². The van der Waals surface area contributed by atoms with Crippen LogP contribution in [0.15, 0.2) is 36.9 Å². The SMILES string of the molecule is C[C@@H](C(=O)NCc1ccc(OC2CCCCC2)cc1)n1cncn1. The van der Waals surface area contributed by atoms with Crippen molar-refractivity contribution in [3.8, 4) is 5.75 Å². The zero-order valence-electron chi connectivity index (χ0n) is 14.0. The van der Waals surface area contributed by atoms with Crippen LogP contribution < -0.4 is 10.1 Å². The van der Waals surface area contributed by atoms with Crippen LogP contribution in [0.5, 0.6) is 5.75 Å². The van der Waals surface area contributed by atoms with Crippen LogP contribution in [0.25, 0.3) is 0 Å². The van der Waals surface area contributed by atoms with Gasteiger partial charge in [-0.25, -0.2) is 9.67 Å². The second-order valence-corrected chi connectivity index (χ2v) is 6.29. The normalized spacial score (nSPS) is 16.5. The highest BCUT2D eigenvalue weighted by Crippen LogP contribution is 2.23. The summed E-state index contributed by atoms with van der Waals surface area (Å²) in [6.07, 6.45) is 9.47. The summed E-state index contributed by atoms with van der Waals surface area (Å²) in [5, 5.41) is 6.91. The van der Waals surface area contributed by atoms with E-state index in [-0.39, 0.29) is 11.9 Å². The Labute approximate surface area is 142 Å². The first-order chi connectivity index (χ1) is 11.7. The van der Waals surface area contributed by atoms with E-state index in [1.54, 1.807) is 13.3 Å². The van der Waals surface area contributed by atoms with E-state index < -0.39 is 0 Å². The minimum atomic E-state index is -0.374. The predicted octanol–water partition coefficient (Wildman–Crippen LogP) is 2.87. The number of carbonyl (C=O) groups excluding carboxylic acids is 1. The highest BCUT2D eigenvalue weighted by Gasteiger charge is 2.16. The van der Waals surface area contributed by atoms with Gasteiger partial charge in [0, 0.05) is 6.54 Å². The molecule has 1 atom stereocenters. The molecule has 1 aromatic heterocycles. The minimum absolute atomic E-state index is 0.0805. The summed E-state index contributed by atoms with van der Waals surface area (Å²) in [6, 6.07) is 7.59. The van der Waals surface area contributed by atoms with Gasteiger partial charge in [0.05, 0.1) is 6.10 Å². The molecular formula is C18H24N4O2. The van der Waals surface area contributed by atoms with Crippen molar-refractivity contribution >= 4 is 5.91 Å². The Kier molecular flexibility index (Phi) is 5.46. The van der Waals surface area contributed by atoms with Gasteiger partial charge in [-0.1, -0.05) is 18.6 Å². The van der Waals surface area contributed by atoms with E-state index >= 15 is 0 Å². The molecule has 0 saturated heterocycles. The Morgan fingerprint density at radius 1 is 1.29 bits per heavy atom. The molecule has 1 fully saturated rings. The van der Waals surface area contributed by atoms with Crippen molar-refractivity contribution in [3.05, 3.63) is 42.5 Å². The number of ether oxygens (including phenoxy) is 1. The minimum Gasteiger partial charge on any atom is -0.490 e. The fourth-order valence-electron chi connectivity index (χ4n) is 2.94. The zero-order chi connectivity index (χ0) is 16.8. The Balaban J connectivity index is 1.48. The lowest BCUT2D eigenvalue weighted by molar-refractivity contribution is -0.124. The van der Waals surface area contributed by atoms with Crippen molar-refractivity contribution in [2.24, 2.45) is 0 Å². The average molecular weight is 328 g/mol. The molecule has 1 aliphatic carbocycles. The van der Waals surface area contributed by atoms with Crippen LogP contribution in [-0.4, -0.2) is 26.8 Å². The summed E-state index contributed by atoms with van der Waals surface area (Å²) in [7, 11) is 0. The van der Waals surface area contributed by atoms with Gasteiger partial charge in [0.1, 0.15) is 24.4 Å². The molecule has 3 rings (SSSR count). The molecular weight excluding hydrogens is 304 g/mol. The summed E-state index contributed by atoms with van der Waals surface area (Å²) in [6.45, 7) is 2.28. The largest absolute Gasteiger partial charge is 0.490 e. The molecule has 0 bridgehead atoms. The van der Waals surface area contributed by atoms with Crippen molar-refractivity contribution in [1.82, 2.24) is 20.1 Å². The van der Waals surface area contributed by atoms with Crippen molar-refractivity contribution < 1.29 is 9.53 Å². The second-order valence-electron chi connectivity index (χ2n) is 6.29. The van der Waals surface area contributed by atoms with E-state index in [1.165, 1.54) is 30.3 Å². The topological polar surface area (TPSA) is 69.0 Å². The first-order valence-corrected chi connectivity index (χ1v) is 8.60. The highest BCUT2D eigenvalue weighted by molar-refractivity contribution is 5.79. The molecule has 0 aliphatic heterocycles. The van der Waals surface area contributed by atoms with E-state index in [9.17, 15) is 4.79 Å². The second kappa shape index (κ2) is 7.95. The van der Waals surface area contributed by atoms with Crippen LogP contribution in [0.1, 0.15) is 50.6 Å². The number of amides is 1. The number of hydrogen-bond acceptors (Lipinski definition) is 4. The van der Waals surface area contributed by atoms with Gasteiger partial charge in [-0.15, -0.1) is 0 Å². The van der Waals surface area contributed by atoms with E-state index in [0.29, 0.717) is 12.6 Å². The third-order valence-corrected chi connectivity index (χ3v) is 4.46. The molecule has 0 unspecified atom stereocenters. The third kappa shape index (κ3) is 4.34.